The van der Waals surface area contributed by atoms with Gasteiger partial charge in [-0.25, -0.2) is 0 Å². The molecule has 1 saturated heterocycles. The van der Waals surface area contributed by atoms with Crippen molar-refractivity contribution in [1.82, 2.24) is 25.2 Å². The summed E-state index contributed by atoms with van der Waals surface area (Å²) in [5.74, 6) is 1.35. The molecule has 0 saturated carbocycles. The highest BCUT2D eigenvalue weighted by Crippen LogP contribution is 2.36. The summed E-state index contributed by atoms with van der Waals surface area (Å²) in [6.07, 6.45) is 5.00. The fourth-order valence-corrected chi connectivity index (χ4v) is 2.70. The molecule has 0 amide bonds. The van der Waals surface area contributed by atoms with Crippen molar-refractivity contribution in [2.45, 2.75) is 31.6 Å². The molecule has 6 heteroatoms. The van der Waals surface area contributed by atoms with E-state index in [1.54, 1.807) is 4.68 Å². The highest BCUT2D eigenvalue weighted by molar-refractivity contribution is 5.46. The maximum atomic E-state index is 5.52. The molecule has 1 aliphatic rings. The van der Waals surface area contributed by atoms with E-state index in [0.717, 1.165) is 43.9 Å². The van der Waals surface area contributed by atoms with E-state index in [1.807, 2.05) is 19.3 Å². The zero-order chi connectivity index (χ0) is 13.3. The van der Waals surface area contributed by atoms with Gasteiger partial charge in [0.15, 0.2) is 0 Å². The molecule has 1 fully saturated rings. The van der Waals surface area contributed by atoms with E-state index in [1.165, 1.54) is 0 Å². The number of piperidine rings is 1. The highest BCUT2D eigenvalue weighted by atomic mass is 16.5. The van der Waals surface area contributed by atoms with Crippen LogP contribution in [0, 0.1) is 0 Å². The molecule has 2 aromatic rings. The van der Waals surface area contributed by atoms with Gasteiger partial charge < -0.3 is 9.84 Å². The highest BCUT2D eigenvalue weighted by Gasteiger charge is 2.37. The third-order valence-electron chi connectivity index (χ3n) is 4.06. The molecule has 3 heterocycles. The number of nitrogens with one attached hydrogen (secondary N) is 1. The Morgan fingerprint density at radius 2 is 2.21 bits per heavy atom. The van der Waals surface area contributed by atoms with E-state index >= 15 is 0 Å². The molecule has 3 rings (SSSR count). The lowest BCUT2D eigenvalue weighted by atomic mass is 9.76. The Kier molecular flexibility index (Phi) is 3.10. The van der Waals surface area contributed by atoms with Crippen LogP contribution >= 0.6 is 0 Å². The van der Waals surface area contributed by atoms with Gasteiger partial charge in [-0.15, -0.1) is 0 Å². The van der Waals surface area contributed by atoms with Gasteiger partial charge in [-0.05, 0) is 38.4 Å². The van der Waals surface area contributed by atoms with Crippen LogP contribution in [0.3, 0.4) is 0 Å². The van der Waals surface area contributed by atoms with Crippen LogP contribution in [0.15, 0.2) is 16.8 Å². The van der Waals surface area contributed by atoms with Gasteiger partial charge in [0.1, 0.15) is 5.69 Å². The van der Waals surface area contributed by atoms with E-state index in [2.05, 4.69) is 27.5 Å². The van der Waals surface area contributed by atoms with Crippen LogP contribution < -0.4 is 5.32 Å². The van der Waals surface area contributed by atoms with Crippen LogP contribution in [-0.2, 0) is 12.5 Å². The van der Waals surface area contributed by atoms with Crippen molar-refractivity contribution < 1.29 is 4.52 Å². The van der Waals surface area contributed by atoms with Crippen LogP contribution in [0.25, 0.3) is 11.5 Å². The Morgan fingerprint density at radius 3 is 2.84 bits per heavy atom. The van der Waals surface area contributed by atoms with Crippen LogP contribution in [0.4, 0.5) is 0 Å². The lowest BCUT2D eigenvalue weighted by Gasteiger charge is -2.33. The Labute approximate surface area is 112 Å². The molecule has 0 aromatic carbocycles. The second-order valence-electron chi connectivity index (χ2n) is 5.18. The summed E-state index contributed by atoms with van der Waals surface area (Å²) in [6.45, 7) is 4.21. The molecule has 1 N–H and O–H groups in total. The Morgan fingerprint density at radius 1 is 1.42 bits per heavy atom. The molecule has 0 bridgehead atoms. The van der Waals surface area contributed by atoms with Crippen molar-refractivity contribution in [3.63, 3.8) is 0 Å². The average Bonchev–Trinajstić information content (AvgIpc) is 3.08. The van der Waals surface area contributed by atoms with Gasteiger partial charge in [0.25, 0.3) is 0 Å². The quantitative estimate of drug-likeness (QED) is 0.906. The molecule has 0 aliphatic carbocycles. The fourth-order valence-electron chi connectivity index (χ4n) is 2.70. The van der Waals surface area contributed by atoms with Crippen molar-refractivity contribution in [2.75, 3.05) is 13.1 Å². The van der Waals surface area contributed by atoms with Gasteiger partial charge in [0.05, 0.1) is 5.41 Å². The third-order valence-corrected chi connectivity index (χ3v) is 4.06. The summed E-state index contributed by atoms with van der Waals surface area (Å²) in [4.78, 5) is 4.58. The van der Waals surface area contributed by atoms with Crippen molar-refractivity contribution in [3.8, 4) is 11.5 Å². The maximum absolute atomic E-state index is 5.52. The van der Waals surface area contributed by atoms with Gasteiger partial charge in [-0.2, -0.15) is 10.1 Å². The largest absolute Gasteiger partial charge is 0.338 e. The molecule has 102 valence electrons. The predicted molar refractivity (Wildman–Crippen MR) is 70.6 cm³/mol. The van der Waals surface area contributed by atoms with Crippen molar-refractivity contribution in [3.05, 3.63) is 18.2 Å². The van der Waals surface area contributed by atoms with Crippen LogP contribution in [-0.4, -0.2) is 33.0 Å². The molecular formula is C13H19N5O. The Hall–Kier alpha value is -1.69. The van der Waals surface area contributed by atoms with Crippen LogP contribution in [0.1, 0.15) is 32.1 Å². The summed E-state index contributed by atoms with van der Waals surface area (Å²) in [6, 6.07) is 1.90. The monoisotopic (exact) mass is 261 g/mol. The van der Waals surface area contributed by atoms with Crippen LogP contribution in [0.2, 0.25) is 0 Å². The molecule has 0 radical (unpaired) electrons. The topological polar surface area (TPSA) is 68.8 Å². The number of hydrogen-bond acceptors (Lipinski definition) is 5. The predicted octanol–water partition coefficient (Wildman–Crippen LogP) is 1.50. The van der Waals surface area contributed by atoms with Gasteiger partial charge in [-0.1, -0.05) is 12.1 Å². The first kappa shape index (κ1) is 12.3. The van der Waals surface area contributed by atoms with Crippen LogP contribution in [0.5, 0.6) is 0 Å². The number of aromatic nitrogens is 4. The summed E-state index contributed by atoms with van der Waals surface area (Å²) < 4.78 is 7.27. The van der Waals surface area contributed by atoms with E-state index in [-0.39, 0.29) is 5.41 Å². The third kappa shape index (κ3) is 2.16. The van der Waals surface area contributed by atoms with E-state index in [0.29, 0.717) is 5.82 Å². The standard InChI is InChI=1S/C13H19N5O/c1-3-13(5-7-14-8-6-13)12-15-11(17-19-12)10-4-9-18(2)16-10/h4,9,14H,3,5-8H2,1-2H3. The second kappa shape index (κ2) is 4.77. The van der Waals surface area contributed by atoms with Gasteiger partial charge >= 0.3 is 0 Å². The number of nitrogens with zero attached hydrogens (tertiary/aromatic N) is 4. The SMILES string of the molecule is CCC1(c2nc(-c3ccn(C)n3)no2)CCNCC1. The zero-order valence-corrected chi connectivity index (χ0v) is 11.4. The normalized spacial score (nSPS) is 18.6. The number of rotatable bonds is 3. The number of aryl methyl sites for hydroxylation is 1. The van der Waals surface area contributed by atoms with Gasteiger partial charge in [0, 0.05) is 13.2 Å². The summed E-state index contributed by atoms with van der Waals surface area (Å²) in [5, 5.41) is 11.8. The minimum Gasteiger partial charge on any atom is -0.338 e. The van der Waals surface area contributed by atoms with E-state index < -0.39 is 0 Å². The lowest BCUT2D eigenvalue weighted by Crippen LogP contribution is -2.39. The van der Waals surface area contributed by atoms with Gasteiger partial charge in [-0.3, -0.25) is 4.68 Å². The molecule has 6 nitrogen and oxygen atoms in total. The average molecular weight is 261 g/mol. The molecule has 19 heavy (non-hydrogen) atoms. The maximum Gasteiger partial charge on any atom is 0.233 e. The minimum absolute atomic E-state index is 0.0330. The van der Waals surface area contributed by atoms with Gasteiger partial charge in [0.2, 0.25) is 11.7 Å². The summed E-state index contributed by atoms with van der Waals surface area (Å²) in [7, 11) is 1.88. The summed E-state index contributed by atoms with van der Waals surface area (Å²) in [5.41, 5.74) is 0.795. The molecular weight excluding hydrogens is 242 g/mol. The summed E-state index contributed by atoms with van der Waals surface area (Å²) >= 11 is 0. The van der Waals surface area contributed by atoms with Crippen molar-refractivity contribution in [1.29, 1.82) is 0 Å². The second-order valence-corrected chi connectivity index (χ2v) is 5.18. The molecule has 0 atom stereocenters. The minimum atomic E-state index is 0.0330. The fraction of sp³-hybridized carbons (Fsp3) is 0.615. The van der Waals surface area contributed by atoms with Crippen molar-refractivity contribution >= 4 is 0 Å². The van der Waals surface area contributed by atoms with E-state index in [9.17, 15) is 0 Å². The molecule has 0 spiro atoms. The molecule has 0 unspecified atom stereocenters. The zero-order valence-electron chi connectivity index (χ0n) is 11.4. The first-order valence-corrected chi connectivity index (χ1v) is 6.78. The number of hydrogen-bond donors (Lipinski definition) is 1. The molecule has 1 aliphatic heterocycles. The molecule has 2 aromatic heterocycles. The van der Waals surface area contributed by atoms with E-state index in [4.69, 9.17) is 4.52 Å². The Balaban J connectivity index is 1.91. The lowest BCUT2D eigenvalue weighted by molar-refractivity contribution is 0.216. The Bertz CT molecular complexity index is 553. The van der Waals surface area contributed by atoms with Crippen molar-refractivity contribution in [2.24, 2.45) is 7.05 Å². The smallest absolute Gasteiger partial charge is 0.233 e. The first-order chi connectivity index (χ1) is 9.23. The first-order valence-electron chi connectivity index (χ1n) is 6.78.